The minimum absolute atomic E-state index is 0.280. The Balaban J connectivity index is 1.91. The summed E-state index contributed by atoms with van der Waals surface area (Å²) in [6.45, 7) is 0. The molecular weight excluding hydrogens is 362 g/mol. The van der Waals surface area contributed by atoms with Gasteiger partial charge in [0, 0.05) is 21.8 Å². The van der Waals surface area contributed by atoms with E-state index in [0.717, 1.165) is 10.1 Å². The van der Waals surface area contributed by atoms with Crippen LogP contribution in [0, 0.1) is 0 Å². The molecule has 0 bridgehead atoms. The standard InChI is InChI=1S/C18H16ClNO4S/c1-22-11-5-7-15-12(9-11)16(19)17(25-15)18(21)20-10-4-6-13(23-2)14(8-10)24-3/h4-9H,1-3H3,(H,20,21). The van der Waals surface area contributed by atoms with Crippen molar-refractivity contribution >= 4 is 44.6 Å². The first-order chi connectivity index (χ1) is 12.1. The number of benzene rings is 2. The smallest absolute Gasteiger partial charge is 0.267 e. The molecule has 0 aliphatic rings. The van der Waals surface area contributed by atoms with Crippen LogP contribution in [0.25, 0.3) is 10.1 Å². The van der Waals surface area contributed by atoms with Crippen molar-refractivity contribution in [3.8, 4) is 17.2 Å². The molecule has 3 aromatic rings. The van der Waals surface area contributed by atoms with Crippen LogP contribution in [0.1, 0.15) is 9.67 Å². The van der Waals surface area contributed by atoms with Gasteiger partial charge < -0.3 is 19.5 Å². The molecule has 1 aromatic heterocycles. The molecule has 0 saturated heterocycles. The normalized spacial score (nSPS) is 10.6. The zero-order valence-corrected chi connectivity index (χ0v) is 15.5. The third-order valence-corrected chi connectivity index (χ3v) is 5.36. The maximum atomic E-state index is 12.6. The van der Waals surface area contributed by atoms with Crippen molar-refractivity contribution in [1.29, 1.82) is 0 Å². The number of thiophene rings is 1. The zero-order chi connectivity index (χ0) is 18.0. The van der Waals surface area contributed by atoms with E-state index in [4.69, 9.17) is 25.8 Å². The van der Waals surface area contributed by atoms with Gasteiger partial charge in [0.2, 0.25) is 0 Å². The second-order valence-corrected chi connectivity index (χ2v) is 6.56. The van der Waals surface area contributed by atoms with Gasteiger partial charge >= 0.3 is 0 Å². The van der Waals surface area contributed by atoms with Crippen LogP contribution in [-0.2, 0) is 0 Å². The van der Waals surface area contributed by atoms with Crippen molar-refractivity contribution in [1.82, 2.24) is 0 Å². The molecule has 130 valence electrons. The minimum atomic E-state index is -0.280. The molecule has 1 amide bonds. The Bertz CT molecular complexity index is 938. The highest BCUT2D eigenvalue weighted by atomic mass is 35.5. The van der Waals surface area contributed by atoms with Gasteiger partial charge in [-0.1, -0.05) is 11.6 Å². The topological polar surface area (TPSA) is 56.8 Å². The number of amides is 1. The van der Waals surface area contributed by atoms with E-state index in [9.17, 15) is 4.79 Å². The lowest BCUT2D eigenvalue weighted by Gasteiger charge is -2.10. The molecule has 0 saturated carbocycles. The van der Waals surface area contributed by atoms with Crippen LogP contribution in [0.15, 0.2) is 36.4 Å². The predicted octanol–water partition coefficient (Wildman–Crippen LogP) is 4.83. The van der Waals surface area contributed by atoms with Gasteiger partial charge in [-0.05, 0) is 30.3 Å². The first-order valence-corrected chi connectivity index (χ1v) is 8.56. The molecular formula is C18H16ClNO4S. The Morgan fingerprint density at radius 2 is 1.76 bits per heavy atom. The van der Waals surface area contributed by atoms with Crippen molar-refractivity contribution in [3.05, 3.63) is 46.3 Å². The third kappa shape index (κ3) is 3.36. The predicted molar refractivity (Wildman–Crippen MR) is 101 cm³/mol. The molecule has 0 spiro atoms. The summed E-state index contributed by atoms with van der Waals surface area (Å²) in [5.41, 5.74) is 0.591. The zero-order valence-electron chi connectivity index (χ0n) is 13.9. The van der Waals surface area contributed by atoms with Gasteiger partial charge in [-0.3, -0.25) is 4.79 Å². The Morgan fingerprint density at radius 3 is 2.44 bits per heavy atom. The highest BCUT2D eigenvalue weighted by molar-refractivity contribution is 7.21. The highest BCUT2D eigenvalue weighted by Crippen LogP contribution is 2.38. The number of ether oxygens (including phenoxy) is 3. The summed E-state index contributed by atoms with van der Waals surface area (Å²) in [6, 6.07) is 10.7. The second-order valence-electron chi connectivity index (χ2n) is 5.13. The summed E-state index contributed by atoms with van der Waals surface area (Å²) < 4.78 is 16.6. The monoisotopic (exact) mass is 377 g/mol. The fourth-order valence-electron chi connectivity index (χ4n) is 2.42. The molecule has 2 aromatic carbocycles. The quantitative estimate of drug-likeness (QED) is 0.691. The van der Waals surface area contributed by atoms with Crippen LogP contribution >= 0.6 is 22.9 Å². The van der Waals surface area contributed by atoms with Crippen LogP contribution in [0.2, 0.25) is 5.02 Å². The van der Waals surface area contributed by atoms with E-state index in [0.29, 0.717) is 32.8 Å². The number of methoxy groups -OCH3 is 3. The van der Waals surface area contributed by atoms with Crippen molar-refractivity contribution in [2.75, 3.05) is 26.6 Å². The third-order valence-electron chi connectivity index (χ3n) is 3.68. The molecule has 1 N–H and O–H groups in total. The van der Waals surface area contributed by atoms with Crippen LogP contribution in [0.4, 0.5) is 5.69 Å². The lowest BCUT2D eigenvalue weighted by Crippen LogP contribution is -2.10. The van der Waals surface area contributed by atoms with Crippen molar-refractivity contribution in [2.24, 2.45) is 0 Å². The molecule has 0 unspecified atom stereocenters. The number of carbonyl (C=O) groups excluding carboxylic acids is 1. The maximum Gasteiger partial charge on any atom is 0.267 e. The van der Waals surface area contributed by atoms with Gasteiger partial charge in [0.15, 0.2) is 11.5 Å². The van der Waals surface area contributed by atoms with Crippen LogP contribution in [0.5, 0.6) is 17.2 Å². The van der Waals surface area contributed by atoms with Gasteiger partial charge in [0.05, 0.1) is 26.4 Å². The van der Waals surface area contributed by atoms with E-state index in [1.165, 1.54) is 11.3 Å². The van der Waals surface area contributed by atoms with Gasteiger partial charge in [0.25, 0.3) is 5.91 Å². The van der Waals surface area contributed by atoms with E-state index >= 15 is 0 Å². The molecule has 0 fully saturated rings. The lowest BCUT2D eigenvalue weighted by molar-refractivity contribution is 0.103. The van der Waals surface area contributed by atoms with E-state index < -0.39 is 0 Å². The number of hydrogen-bond acceptors (Lipinski definition) is 5. The largest absolute Gasteiger partial charge is 0.497 e. The molecule has 0 aliphatic carbocycles. The molecule has 0 radical (unpaired) electrons. The Hall–Kier alpha value is -2.44. The molecule has 1 heterocycles. The summed E-state index contributed by atoms with van der Waals surface area (Å²) in [4.78, 5) is 13.1. The first kappa shape index (κ1) is 17.4. The molecule has 0 aliphatic heterocycles. The van der Waals surface area contributed by atoms with Gasteiger partial charge in [-0.2, -0.15) is 0 Å². The van der Waals surface area contributed by atoms with E-state index in [2.05, 4.69) is 5.32 Å². The second kappa shape index (κ2) is 7.21. The van der Waals surface area contributed by atoms with E-state index in [1.807, 2.05) is 18.2 Å². The average molecular weight is 378 g/mol. The SMILES string of the molecule is COc1ccc2sc(C(=O)Nc3ccc(OC)c(OC)c3)c(Cl)c2c1. The van der Waals surface area contributed by atoms with Crippen molar-refractivity contribution in [3.63, 3.8) is 0 Å². The van der Waals surface area contributed by atoms with Crippen molar-refractivity contribution < 1.29 is 19.0 Å². The number of carbonyl (C=O) groups is 1. The molecule has 3 rings (SSSR count). The number of rotatable bonds is 5. The fourth-order valence-corrected chi connectivity index (χ4v) is 3.81. The Kier molecular flexibility index (Phi) is 5.01. The summed E-state index contributed by atoms with van der Waals surface area (Å²) in [7, 11) is 4.69. The summed E-state index contributed by atoms with van der Waals surface area (Å²) in [5, 5.41) is 4.04. The Morgan fingerprint density at radius 1 is 1.00 bits per heavy atom. The fraction of sp³-hybridized carbons (Fsp3) is 0.167. The van der Waals surface area contributed by atoms with E-state index in [1.54, 1.807) is 39.5 Å². The summed E-state index contributed by atoms with van der Waals surface area (Å²) in [6.07, 6.45) is 0. The van der Waals surface area contributed by atoms with E-state index in [-0.39, 0.29) is 5.91 Å². The van der Waals surface area contributed by atoms with Gasteiger partial charge in [0.1, 0.15) is 10.6 Å². The maximum absolute atomic E-state index is 12.6. The highest BCUT2D eigenvalue weighted by Gasteiger charge is 2.18. The van der Waals surface area contributed by atoms with Crippen LogP contribution in [0.3, 0.4) is 0 Å². The number of nitrogens with one attached hydrogen (secondary N) is 1. The molecule has 0 atom stereocenters. The molecule has 5 nitrogen and oxygen atoms in total. The van der Waals surface area contributed by atoms with Crippen molar-refractivity contribution in [2.45, 2.75) is 0 Å². The Labute approximate surface area is 154 Å². The first-order valence-electron chi connectivity index (χ1n) is 7.36. The molecule has 7 heteroatoms. The number of hydrogen-bond donors (Lipinski definition) is 1. The molecule has 25 heavy (non-hydrogen) atoms. The van der Waals surface area contributed by atoms with Gasteiger partial charge in [-0.25, -0.2) is 0 Å². The number of halogens is 1. The van der Waals surface area contributed by atoms with Crippen LogP contribution in [-0.4, -0.2) is 27.2 Å². The number of fused-ring (bicyclic) bond motifs is 1. The summed E-state index contributed by atoms with van der Waals surface area (Å²) >= 11 is 7.74. The van der Waals surface area contributed by atoms with Crippen LogP contribution < -0.4 is 19.5 Å². The summed E-state index contributed by atoms with van der Waals surface area (Å²) in [5.74, 6) is 1.54. The minimum Gasteiger partial charge on any atom is -0.497 e. The lowest BCUT2D eigenvalue weighted by atomic mass is 10.2. The number of anilines is 1. The van der Waals surface area contributed by atoms with Gasteiger partial charge in [-0.15, -0.1) is 11.3 Å². The average Bonchev–Trinajstić information content (AvgIpc) is 2.97.